The molecule has 0 aliphatic carbocycles. The Morgan fingerprint density at radius 3 is 2.68 bits per heavy atom. The molecular formula is C14H19ClN4O2S. The maximum Gasteiger partial charge on any atom is 0.246 e. The summed E-state index contributed by atoms with van der Waals surface area (Å²) in [6.45, 7) is 0.882. The highest BCUT2D eigenvalue weighted by Gasteiger charge is 2.35. The van der Waals surface area contributed by atoms with Gasteiger partial charge in [0.1, 0.15) is 4.90 Å². The highest BCUT2D eigenvalue weighted by molar-refractivity contribution is 7.89. The summed E-state index contributed by atoms with van der Waals surface area (Å²) in [6.07, 6.45) is 4.63. The van der Waals surface area contributed by atoms with Crippen LogP contribution < -0.4 is 5.73 Å². The Morgan fingerprint density at radius 1 is 1.27 bits per heavy atom. The number of hydrogen-bond donors (Lipinski definition) is 1. The summed E-state index contributed by atoms with van der Waals surface area (Å²) < 4.78 is 28.4. The minimum atomic E-state index is -3.52. The van der Waals surface area contributed by atoms with Crippen molar-refractivity contribution in [1.29, 1.82) is 0 Å². The van der Waals surface area contributed by atoms with Crippen LogP contribution in [0, 0.1) is 0 Å². The second-order valence-electron chi connectivity index (χ2n) is 5.10. The van der Waals surface area contributed by atoms with Crippen molar-refractivity contribution in [2.75, 3.05) is 13.1 Å². The van der Waals surface area contributed by atoms with Crippen molar-refractivity contribution in [1.82, 2.24) is 14.1 Å². The van der Waals surface area contributed by atoms with E-state index in [0.29, 0.717) is 13.1 Å². The molecule has 0 spiro atoms. The van der Waals surface area contributed by atoms with Crippen molar-refractivity contribution in [3.05, 3.63) is 42.7 Å². The molecule has 0 radical (unpaired) electrons. The molecule has 1 aromatic heterocycles. The number of aromatic nitrogens is 2. The SMILES string of the molecule is Cl.NCC1CCCN1S(=O)(=O)c1cnn(-c2ccccc2)c1. The van der Waals surface area contributed by atoms with Gasteiger partial charge in [-0.1, -0.05) is 18.2 Å². The van der Waals surface area contributed by atoms with Crippen LogP contribution in [0.5, 0.6) is 0 Å². The molecule has 1 aromatic carbocycles. The topological polar surface area (TPSA) is 81.2 Å². The third kappa shape index (κ3) is 3.03. The van der Waals surface area contributed by atoms with Crippen LogP contribution in [0.4, 0.5) is 0 Å². The molecule has 22 heavy (non-hydrogen) atoms. The number of benzene rings is 1. The Hall–Kier alpha value is -1.41. The highest BCUT2D eigenvalue weighted by atomic mass is 35.5. The first-order valence-electron chi connectivity index (χ1n) is 6.95. The molecule has 1 unspecified atom stereocenters. The zero-order chi connectivity index (χ0) is 14.9. The quantitative estimate of drug-likeness (QED) is 0.910. The summed E-state index contributed by atoms with van der Waals surface area (Å²) in [5, 5.41) is 4.15. The van der Waals surface area contributed by atoms with Crippen LogP contribution >= 0.6 is 12.4 Å². The number of nitrogens with two attached hydrogens (primary N) is 1. The van der Waals surface area contributed by atoms with E-state index in [0.717, 1.165) is 18.5 Å². The van der Waals surface area contributed by atoms with E-state index in [2.05, 4.69) is 5.10 Å². The molecule has 1 aliphatic heterocycles. The van der Waals surface area contributed by atoms with Crippen LogP contribution in [0.3, 0.4) is 0 Å². The monoisotopic (exact) mass is 342 g/mol. The van der Waals surface area contributed by atoms with Gasteiger partial charge in [0.2, 0.25) is 10.0 Å². The number of halogens is 1. The van der Waals surface area contributed by atoms with Gasteiger partial charge in [-0.3, -0.25) is 0 Å². The Kier molecular flexibility index (Phi) is 5.23. The van der Waals surface area contributed by atoms with Crippen molar-refractivity contribution >= 4 is 22.4 Å². The third-order valence-electron chi connectivity index (χ3n) is 3.78. The number of sulfonamides is 1. The molecule has 6 nitrogen and oxygen atoms in total. The Bertz CT molecular complexity index is 717. The molecule has 1 saturated heterocycles. The first-order chi connectivity index (χ1) is 10.1. The molecule has 1 aliphatic rings. The highest BCUT2D eigenvalue weighted by Crippen LogP contribution is 2.25. The summed E-state index contributed by atoms with van der Waals surface area (Å²) in [4.78, 5) is 0.215. The van der Waals surface area contributed by atoms with E-state index in [1.165, 1.54) is 10.5 Å². The minimum absolute atomic E-state index is 0. The first-order valence-corrected chi connectivity index (χ1v) is 8.39. The van der Waals surface area contributed by atoms with Crippen molar-refractivity contribution in [2.24, 2.45) is 5.73 Å². The van der Waals surface area contributed by atoms with Crippen molar-refractivity contribution in [2.45, 2.75) is 23.8 Å². The maximum atomic E-state index is 12.7. The van der Waals surface area contributed by atoms with Crippen LogP contribution in [0.1, 0.15) is 12.8 Å². The second kappa shape index (κ2) is 6.78. The van der Waals surface area contributed by atoms with Crippen molar-refractivity contribution in [3.63, 3.8) is 0 Å². The Morgan fingerprint density at radius 2 is 2.00 bits per heavy atom. The fourth-order valence-corrected chi connectivity index (χ4v) is 4.30. The van der Waals surface area contributed by atoms with E-state index >= 15 is 0 Å². The summed E-state index contributed by atoms with van der Waals surface area (Å²) >= 11 is 0. The van der Waals surface area contributed by atoms with Crippen LogP contribution in [0.15, 0.2) is 47.6 Å². The van der Waals surface area contributed by atoms with E-state index in [-0.39, 0.29) is 23.3 Å². The molecule has 0 amide bonds. The minimum Gasteiger partial charge on any atom is -0.329 e. The zero-order valence-electron chi connectivity index (χ0n) is 12.0. The number of rotatable bonds is 4. The van der Waals surface area contributed by atoms with Gasteiger partial charge in [0.15, 0.2) is 0 Å². The van der Waals surface area contributed by atoms with Gasteiger partial charge in [0.05, 0.1) is 18.1 Å². The van der Waals surface area contributed by atoms with Gasteiger partial charge in [0.25, 0.3) is 0 Å². The lowest BCUT2D eigenvalue weighted by Crippen LogP contribution is -2.39. The van der Waals surface area contributed by atoms with Crippen molar-refractivity contribution in [3.8, 4) is 5.69 Å². The van der Waals surface area contributed by atoms with Gasteiger partial charge in [-0.25, -0.2) is 13.1 Å². The third-order valence-corrected chi connectivity index (χ3v) is 5.69. The van der Waals surface area contributed by atoms with Crippen LogP contribution in [0.2, 0.25) is 0 Å². The second-order valence-corrected chi connectivity index (χ2v) is 6.99. The fourth-order valence-electron chi connectivity index (χ4n) is 2.66. The lowest BCUT2D eigenvalue weighted by molar-refractivity contribution is 0.393. The summed E-state index contributed by atoms with van der Waals surface area (Å²) in [5.41, 5.74) is 6.50. The molecule has 120 valence electrons. The molecule has 0 saturated carbocycles. The molecule has 8 heteroatoms. The fraction of sp³-hybridized carbons (Fsp3) is 0.357. The van der Waals surface area contributed by atoms with E-state index in [4.69, 9.17) is 5.73 Å². The average Bonchev–Trinajstić information content (AvgIpc) is 3.17. The lowest BCUT2D eigenvalue weighted by Gasteiger charge is -2.21. The van der Waals surface area contributed by atoms with Crippen LogP contribution in [0.25, 0.3) is 5.69 Å². The van der Waals surface area contributed by atoms with E-state index in [9.17, 15) is 8.42 Å². The molecule has 2 aromatic rings. The molecule has 1 atom stereocenters. The molecule has 3 rings (SSSR count). The average molecular weight is 343 g/mol. The van der Waals surface area contributed by atoms with Crippen molar-refractivity contribution < 1.29 is 8.42 Å². The van der Waals surface area contributed by atoms with Crippen LogP contribution in [-0.2, 0) is 10.0 Å². The van der Waals surface area contributed by atoms with E-state index < -0.39 is 10.0 Å². The molecule has 2 heterocycles. The van der Waals surface area contributed by atoms with Gasteiger partial charge in [0, 0.05) is 19.1 Å². The Labute approximate surface area is 136 Å². The van der Waals surface area contributed by atoms with Gasteiger partial charge >= 0.3 is 0 Å². The smallest absolute Gasteiger partial charge is 0.246 e. The molecule has 2 N–H and O–H groups in total. The van der Waals surface area contributed by atoms with Gasteiger partial charge < -0.3 is 5.73 Å². The normalized spacial score (nSPS) is 19.0. The van der Waals surface area contributed by atoms with E-state index in [1.54, 1.807) is 10.9 Å². The zero-order valence-corrected chi connectivity index (χ0v) is 13.6. The first kappa shape index (κ1) is 17.0. The predicted molar refractivity (Wildman–Crippen MR) is 86.8 cm³/mol. The Balaban J connectivity index is 0.00000176. The summed E-state index contributed by atoms with van der Waals surface area (Å²) in [7, 11) is -3.52. The van der Waals surface area contributed by atoms with E-state index in [1.807, 2.05) is 30.3 Å². The number of hydrogen-bond acceptors (Lipinski definition) is 4. The molecule has 1 fully saturated rings. The van der Waals surface area contributed by atoms with Crippen LogP contribution in [-0.4, -0.2) is 41.6 Å². The standard InChI is InChI=1S/C14H18N4O2S.ClH/c15-9-13-7-4-8-18(13)21(19,20)14-10-16-17(11-14)12-5-2-1-3-6-12;/h1-3,5-6,10-11,13H,4,7-9,15H2;1H. The van der Waals surface area contributed by atoms with Gasteiger partial charge in [-0.2, -0.15) is 9.40 Å². The molecule has 0 bridgehead atoms. The maximum absolute atomic E-state index is 12.7. The van der Waals surface area contributed by atoms with Gasteiger partial charge in [-0.05, 0) is 25.0 Å². The molecular weight excluding hydrogens is 324 g/mol. The van der Waals surface area contributed by atoms with Gasteiger partial charge in [-0.15, -0.1) is 12.4 Å². The lowest BCUT2D eigenvalue weighted by atomic mass is 10.2. The predicted octanol–water partition coefficient (Wildman–Crippen LogP) is 1.41. The number of nitrogens with zero attached hydrogens (tertiary/aromatic N) is 3. The number of para-hydroxylation sites is 1. The largest absolute Gasteiger partial charge is 0.329 e. The summed E-state index contributed by atoms with van der Waals surface area (Å²) in [5.74, 6) is 0. The summed E-state index contributed by atoms with van der Waals surface area (Å²) in [6, 6.07) is 9.33.